The number of nitro groups is 1. The third-order valence-electron chi connectivity index (χ3n) is 1.59. The van der Waals surface area contributed by atoms with Gasteiger partial charge in [0.15, 0.2) is 0 Å². The van der Waals surface area contributed by atoms with E-state index in [9.17, 15) is 10.1 Å². The van der Waals surface area contributed by atoms with E-state index in [0.29, 0.717) is 17.4 Å². The predicted octanol–water partition coefficient (Wildman–Crippen LogP) is 3.04. The Hall–Kier alpha value is -1.29. The van der Waals surface area contributed by atoms with Crippen LogP contribution in [0, 0.1) is 10.1 Å². The number of halogens is 1. The molecule has 1 aromatic rings. The van der Waals surface area contributed by atoms with Crippen molar-refractivity contribution in [3.8, 4) is 5.75 Å². The summed E-state index contributed by atoms with van der Waals surface area (Å²) < 4.78 is 5.24. The van der Waals surface area contributed by atoms with Gasteiger partial charge in [-0.15, -0.1) is 0 Å². The van der Waals surface area contributed by atoms with Gasteiger partial charge in [0.2, 0.25) is 0 Å². The lowest BCUT2D eigenvalue weighted by molar-refractivity contribution is -0.384. The number of rotatable bonds is 4. The number of non-ortho nitro benzene ring substituents is 1. The summed E-state index contributed by atoms with van der Waals surface area (Å²) in [5.41, 5.74) is -0.0134. The second-order valence-electron chi connectivity index (χ2n) is 2.72. The molecule has 14 heavy (non-hydrogen) atoms. The summed E-state index contributed by atoms with van der Waals surface area (Å²) in [6, 6.07) is 4.14. The smallest absolute Gasteiger partial charge is 0.273 e. The van der Waals surface area contributed by atoms with Gasteiger partial charge >= 0.3 is 0 Å². The van der Waals surface area contributed by atoms with E-state index in [1.54, 1.807) is 0 Å². The molecule has 0 radical (unpaired) electrons. The monoisotopic (exact) mass is 215 g/mol. The Bertz CT molecular complexity index is 341. The lowest BCUT2D eigenvalue weighted by Gasteiger charge is -2.05. The molecule has 0 aliphatic heterocycles. The maximum absolute atomic E-state index is 10.4. The van der Waals surface area contributed by atoms with E-state index in [1.165, 1.54) is 18.2 Å². The number of nitro benzene ring substituents is 1. The summed E-state index contributed by atoms with van der Waals surface area (Å²) in [5.74, 6) is 0.364. The Morgan fingerprint density at radius 1 is 1.57 bits per heavy atom. The fourth-order valence-corrected chi connectivity index (χ4v) is 1.10. The van der Waals surface area contributed by atoms with Crippen LogP contribution in [0.25, 0.3) is 0 Å². The molecule has 0 bridgehead atoms. The Labute approximate surface area is 86.6 Å². The van der Waals surface area contributed by atoms with Crippen LogP contribution in [0.2, 0.25) is 5.02 Å². The van der Waals surface area contributed by atoms with Crippen LogP contribution in [0.15, 0.2) is 18.2 Å². The van der Waals surface area contributed by atoms with Crippen molar-refractivity contribution in [2.45, 2.75) is 13.3 Å². The largest absolute Gasteiger partial charge is 0.492 e. The first-order valence-corrected chi connectivity index (χ1v) is 4.59. The fraction of sp³-hybridized carbons (Fsp3) is 0.333. The van der Waals surface area contributed by atoms with Gasteiger partial charge < -0.3 is 4.74 Å². The zero-order valence-corrected chi connectivity index (χ0v) is 8.45. The predicted molar refractivity (Wildman–Crippen MR) is 53.9 cm³/mol. The Morgan fingerprint density at radius 3 is 2.86 bits per heavy atom. The fourth-order valence-electron chi connectivity index (χ4n) is 0.928. The highest BCUT2D eigenvalue weighted by atomic mass is 35.5. The van der Waals surface area contributed by atoms with E-state index in [1.807, 2.05) is 6.92 Å². The molecule has 76 valence electrons. The summed E-state index contributed by atoms with van der Waals surface area (Å²) in [6.45, 7) is 2.45. The third kappa shape index (κ3) is 2.60. The summed E-state index contributed by atoms with van der Waals surface area (Å²) >= 11 is 5.79. The number of ether oxygens (including phenoxy) is 1. The van der Waals surface area contributed by atoms with Gasteiger partial charge in [-0.05, 0) is 12.5 Å². The van der Waals surface area contributed by atoms with Gasteiger partial charge in [-0.2, -0.15) is 0 Å². The van der Waals surface area contributed by atoms with Crippen LogP contribution in [-0.4, -0.2) is 11.5 Å². The maximum Gasteiger partial charge on any atom is 0.273 e. The molecule has 0 saturated heterocycles. The summed E-state index contributed by atoms with van der Waals surface area (Å²) in [4.78, 5) is 9.97. The lowest BCUT2D eigenvalue weighted by Crippen LogP contribution is -1.96. The minimum Gasteiger partial charge on any atom is -0.492 e. The molecule has 0 spiro atoms. The number of hydrogen-bond acceptors (Lipinski definition) is 3. The van der Waals surface area contributed by atoms with Crippen molar-refractivity contribution in [2.24, 2.45) is 0 Å². The van der Waals surface area contributed by atoms with Crippen LogP contribution in [0.1, 0.15) is 13.3 Å². The van der Waals surface area contributed by atoms with E-state index in [2.05, 4.69) is 0 Å². The highest BCUT2D eigenvalue weighted by molar-refractivity contribution is 6.32. The van der Waals surface area contributed by atoms with Crippen molar-refractivity contribution in [2.75, 3.05) is 6.61 Å². The molecule has 0 amide bonds. The van der Waals surface area contributed by atoms with Crippen LogP contribution in [0.3, 0.4) is 0 Å². The van der Waals surface area contributed by atoms with Gasteiger partial charge in [0, 0.05) is 6.07 Å². The van der Waals surface area contributed by atoms with Gasteiger partial charge in [-0.3, -0.25) is 10.1 Å². The van der Waals surface area contributed by atoms with Crippen LogP contribution in [0.5, 0.6) is 5.75 Å². The minimum atomic E-state index is -0.477. The van der Waals surface area contributed by atoms with Gasteiger partial charge in [-0.25, -0.2) is 0 Å². The molecule has 0 aliphatic carbocycles. The van der Waals surface area contributed by atoms with Crippen LogP contribution < -0.4 is 4.74 Å². The van der Waals surface area contributed by atoms with Crippen LogP contribution >= 0.6 is 11.6 Å². The molecule has 0 aliphatic rings. The van der Waals surface area contributed by atoms with E-state index in [0.717, 1.165) is 6.42 Å². The van der Waals surface area contributed by atoms with Crippen molar-refractivity contribution < 1.29 is 9.66 Å². The average Bonchev–Trinajstić information content (AvgIpc) is 2.16. The van der Waals surface area contributed by atoms with Crippen LogP contribution in [-0.2, 0) is 0 Å². The molecule has 0 heterocycles. The zero-order chi connectivity index (χ0) is 10.6. The van der Waals surface area contributed by atoms with Crippen molar-refractivity contribution in [1.29, 1.82) is 0 Å². The molecular formula is C9H10ClNO3. The van der Waals surface area contributed by atoms with Crippen LogP contribution in [0.4, 0.5) is 5.69 Å². The second kappa shape index (κ2) is 4.81. The van der Waals surface area contributed by atoms with E-state index >= 15 is 0 Å². The summed E-state index contributed by atoms with van der Waals surface area (Å²) in [7, 11) is 0. The van der Waals surface area contributed by atoms with Gasteiger partial charge in [0.25, 0.3) is 5.69 Å². The zero-order valence-electron chi connectivity index (χ0n) is 7.70. The molecule has 0 unspecified atom stereocenters. The second-order valence-corrected chi connectivity index (χ2v) is 3.13. The van der Waals surface area contributed by atoms with Gasteiger partial charge in [0.05, 0.1) is 22.6 Å². The molecule has 1 aromatic carbocycles. The SMILES string of the molecule is CCCOc1cc([N+](=O)[O-])ccc1Cl. The van der Waals surface area contributed by atoms with Crippen molar-refractivity contribution in [3.63, 3.8) is 0 Å². The van der Waals surface area contributed by atoms with Gasteiger partial charge in [-0.1, -0.05) is 18.5 Å². The minimum absolute atomic E-state index is 0.0134. The Morgan fingerprint density at radius 2 is 2.29 bits per heavy atom. The topological polar surface area (TPSA) is 52.4 Å². The number of nitrogens with zero attached hydrogens (tertiary/aromatic N) is 1. The third-order valence-corrected chi connectivity index (χ3v) is 1.90. The first kappa shape index (κ1) is 10.8. The average molecular weight is 216 g/mol. The maximum atomic E-state index is 10.4. The first-order valence-electron chi connectivity index (χ1n) is 4.22. The molecular weight excluding hydrogens is 206 g/mol. The number of hydrogen-bond donors (Lipinski definition) is 0. The van der Waals surface area contributed by atoms with Crippen molar-refractivity contribution >= 4 is 17.3 Å². The lowest BCUT2D eigenvalue weighted by atomic mass is 10.3. The highest BCUT2D eigenvalue weighted by Gasteiger charge is 2.09. The summed E-state index contributed by atoms with van der Waals surface area (Å²) in [5, 5.41) is 10.8. The van der Waals surface area contributed by atoms with Crippen molar-refractivity contribution in [1.82, 2.24) is 0 Å². The van der Waals surface area contributed by atoms with E-state index in [-0.39, 0.29) is 5.69 Å². The molecule has 0 saturated carbocycles. The first-order chi connectivity index (χ1) is 6.65. The molecule has 0 atom stereocenters. The molecule has 0 N–H and O–H groups in total. The molecule has 4 nitrogen and oxygen atoms in total. The van der Waals surface area contributed by atoms with E-state index in [4.69, 9.17) is 16.3 Å². The molecule has 0 fully saturated rings. The normalized spacial score (nSPS) is 9.86. The summed E-state index contributed by atoms with van der Waals surface area (Å²) in [6.07, 6.45) is 0.832. The molecule has 1 rings (SSSR count). The Kier molecular flexibility index (Phi) is 3.71. The van der Waals surface area contributed by atoms with E-state index < -0.39 is 4.92 Å². The highest BCUT2D eigenvalue weighted by Crippen LogP contribution is 2.28. The van der Waals surface area contributed by atoms with Crippen molar-refractivity contribution in [3.05, 3.63) is 33.3 Å². The molecule has 0 aromatic heterocycles. The molecule has 5 heteroatoms. The number of benzene rings is 1. The van der Waals surface area contributed by atoms with Gasteiger partial charge in [0.1, 0.15) is 5.75 Å². The quantitative estimate of drug-likeness (QED) is 0.573. The Balaban J connectivity index is 2.90. The standard InChI is InChI=1S/C9H10ClNO3/c1-2-5-14-9-6-7(11(12)13)3-4-8(9)10/h3-4,6H,2,5H2,1H3.